The molecule has 1 aromatic heterocycles. The molecule has 0 aliphatic heterocycles. The van der Waals surface area contributed by atoms with Crippen molar-refractivity contribution in [1.82, 2.24) is 15.6 Å². The summed E-state index contributed by atoms with van der Waals surface area (Å²) in [5.41, 5.74) is 1.99. The van der Waals surface area contributed by atoms with E-state index in [1.54, 1.807) is 30.0 Å². The summed E-state index contributed by atoms with van der Waals surface area (Å²) < 4.78 is 13.4. The molecule has 2 amide bonds. The average Bonchev–Trinajstić information content (AvgIpc) is 3.38. The molecule has 0 bridgehead atoms. The van der Waals surface area contributed by atoms with E-state index in [0.717, 1.165) is 28.3 Å². The first kappa shape index (κ1) is 28.2. The number of thioether (sulfide) groups is 1. The van der Waals surface area contributed by atoms with Gasteiger partial charge in [0, 0.05) is 36.4 Å². The fourth-order valence-corrected chi connectivity index (χ4v) is 4.62. The SMILES string of the molecule is CSc1ccc(/C=C(\C(=O)NCCCCCC(=O)NCCc2ncc(N=O)s2)c2ccc(F)cc2)cc1. The average molecular weight is 541 g/mol. The van der Waals surface area contributed by atoms with Gasteiger partial charge in [0.1, 0.15) is 5.82 Å². The molecule has 10 heteroatoms. The molecule has 0 atom stereocenters. The third-order valence-corrected chi connectivity index (χ3v) is 7.16. The second-order valence-corrected chi connectivity index (χ2v) is 10.2. The van der Waals surface area contributed by atoms with E-state index in [1.807, 2.05) is 30.5 Å². The van der Waals surface area contributed by atoms with Crippen LogP contribution in [0.15, 0.2) is 64.8 Å². The summed E-state index contributed by atoms with van der Waals surface area (Å²) in [6.45, 7) is 0.931. The molecular formula is C27H29FN4O3S2. The number of amides is 2. The van der Waals surface area contributed by atoms with Gasteiger partial charge in [-0.05, 0) is 65.7 Å². The standard InChI is InChI=1S/C27H29FN4O3S2/c1-36-22-12-6-19(7-13-22)17-23(20-8-10-21(28)11-9-20)27(34)30-15-4-2-3-5-24(33)29-16-14-25-31-18-26(32-35)37-25/h6-13,17-18H,2-5,14-16H2,1H3,(H,29,33)(H,30,34)/b23-17-. The zero-order valence-corrected chi connectivity index (χ0v) is 22.2. The van der Waals surface area contributed by atoms with Crippen LogP contribution in [0.2, 0.25) is 0 Å². The monoisotopic (exact) mass is 540 g/mol. The van der Waals surface area contributed by atoms with Gasteiger partial charge in [0.05, 0.1) is 11.2 Å². The Labute approximate surface area is 224 Å². The zero-order chi connectivity index (χ0) is 26.5. The van der Waals surface area contributed by atoms with Crippen LogP contribution in [0.4, 0.5) is 9.39 Å². The van der Waals surface area contributed by atoms with E-state index in [4.69, 9.17) is 0 Å². The van der Waals surface area contributed by atoms with Gasteiger partial charge >= 0.3 is 0 Å². The topological polar surface area (TPSA) is 101 Å². The van der Waals surface area contributed by atoms with E-state index in [0.29, 0.717) is 48.5 Å². The molecule has 3 rings (SSSR count). The second-order valence-electron chi connectivity index (χ2n) is 8.19. The van der Waals surface area contributed by atoms with Crippen LogP contribution >= 0.6 is 23.1 Å². The van der Waals surface area contributed by atoms with Gasteiger partial charge in [-0.2, -0.15) is 0 Å². The molecule has 0 unspecified atom stereocenters. The molecule has 2 N–H and O–H groups in total. The van der Waals surface area contributed by atoms with Crippen molar-refractivity contribution in [2.24, 2.45) is 5.18 Å². The van der Waals surface area contributed by atoms with Crippen molar-refractivity contribution < 1.29 is 14.0 Å². The normalized spacial score (nSPS) is 11.2. The molecule has 37 heavy (non-hydrogen) atoms. The highest BCUT2D eigenvalue weighted by Gasteiger charge is 2.12. The first-order valence-corrected chi connectivity index (χ1v) is 14.0. The fraction of sp³-hybridized carbons (Fsp3) is 0.296. The Balaban J connectivity index is 1.42. The molecule has 0 fully saturated rings. The number of rotatable bonds is 14. The van der Waals surface area contributed by atoms with Crippen molar-refractivity contribution in [3.05, 3.63) is 81.6 Å². The first-order chi connectivity index (χ1) is 18.0. The summed E-state index contributed by atoms with van der Waals surface area (Å²) >= 11 is 2.86. The summed E-state index contributed by atoms with van der Waals surface area (Å²) in [4.78, 5) is 40.7. The van der Waals surface area contributed by atoms with Crippen molar-refractivity contribution >= 4 is 51.6 Å². The summed E-state index contributed by atoms with van der Waals surface area (Å²) in [6.07, 6.45) is 8.43. The van der Waals surface area contributed by atoms with Gasteiger partial charge in [0.15, 0.2) is 5.00 Å². The number of hydrogen-bond donors (Lipinski definition) is 2. The van der Waals surface area contributed by atoms with Gasteiger partial charge < -0.3 is 10.6 Å². The highest BCUT2D eigenvalue weighted by molar-refractivity contribution is 7.98. The maximum Gasteiger partial charge on any atom is 0.251 e. The number of nitrogens with zero attached hydrogens (tertiary/aromatic N) is 2. The number of carbonyl (C=O) groups excluding carboxylic acids is 2. The van der Waals surface area contributed by atoms with Crippen LogP contribution < -0.4 is 10.6 Å². The van der Waals surface area contributed by atoms with E-state index < -0.39 is 0 Å². The lowest BCUT2D eigenvalue weighted by Crippen LogP contribution is -2.26. The molecule has 3 aromatic rings. The van der Waals surface area contributed by atoms with E-state index >= 15 is 0 Å². The summed E-state index contributed by atoms with van der Waals surface area (Å²) in [7, 11) is 0. The maximum atomic E-state index is 13.4. The van der Waals surface area contributed by atoms with E-state index in [9.17, 15) is 18.9 Å². The molecule has 0 saturated carbocycles. The number of thiazole rings is 1. The maximum absolute atomic E-state index is 13.4. The van der Waals surface area contributed by atoms with Gasteiger partial charge in [-0.3, -0.25) is 9.59 Å². The van der Waals surface area contributed by atoms with E-state index in [-0.39, 0.29) is 17.6 Å². The lowest BCUT2D eigenvalue weighted by atomic mass is 10.0. The van der Waals surface area contributed by atoms with Crippen LogP contribution in [0.25, 0.3) is 11.6 Å². The molecule has 2 aromatic carbocycles. The Morgan fingerprint density at radius 1 is 1.03 bits per heavy atom. The molecule has 1 heterocycles. The Bertz CT molecular complexity index is 1210. The number of nitroso groups, excluding NO2 is 1. The molecule has 0 aliphatic carbocycles. The van der Waals surface area contributed by atoms with Gasteiger partial charge in [-0.1, -0.05) is 42.0 Å². The number of halogens is 1. The molecule has 0 spiro atoms. The van der Waals surface area contributed by atoms with Crippen molar-refractivity contribution in [2.45, 2.75) is 37.0 Å². The highest BCUT2D eigenvalue weighted by atomic mass is 32.2. The largest absolute Gasteiger partial charge is 0.356 e. The molecule has 7 nitrogen and oxygen atoms in total. The van der Waals surface area contributed by atoms with Gasteiger partial charge in [-0.25, -0.2) is 9.37 Å². The Morgan fingerprint density at radius 2 is 1.78 bits per heavy atom. The molecule has 0 aliphatic rings. The number of aromatic nitrogens is 1. The van der Waals surface area contributed by atoms with Gasteiger partial charge in [0.25, 0.3) is 5.91 Å². The number of benzene rings is 2. The second kappa shape index (κ2) is 15.0. The van der Waals surface area contributed by atoms with Crippen molar-refractivity contribution in [3.63, 3.8) is 0 Å². The Hall–Kier alpha value is -3.37. The van der Waals surface area contributed by atoms with Crippen LogP contribution in [0.1, 0.15) is 41.8 Å². The van der Waals surface area contributed by atoms with Crippen molar-refractivity contribution in [3.8, 4) is 0 Å². The molecule has 0 radical (unpaired) electrons. The third-order valence-electron chi connectivity index (χ3n) is 5.49. The predicted molar refractivity (Wildman–Crippen MR) is 148 cm³/mol. The predicted octanol–water partition coefficient (Wildman–Crippen LogP) is 5.98. The van der Waals surface area contributed by atoms with Gasteiger partial charge in [-0.15, -0.1) is 16.7 Å². The van der Waals surface area contributed by atoms with Crippen LogP contribution in [-0.4, -0.2) is 36.1 Å². The Kier molecular flexibility index (Phi) is 11.4. The van der Waals surface area contributed by atoms with Crippen LogP contribution in [0.3, 0.4) is 0 Å². The fourth-order valence-electron chi connectivity index (χ4n) is 3.52. The van der Waals surface area contributed by atoms with E-state index in [2.05, 4.69) is 20.8 Å². The molecule has 0 saturated heterocycles. The van der Waals surface area contributed by atoms with Gasteiger partial charge in [0.2, 0.25) is 5.91 Å². The molecule has 194 valence electrons. The van der Waals surface area contributed by atoms with E-state index in [1.165, 1.54) is 29.7 Å². The quantitative estimate of drug-likeness (QED) is 0.0862. The number of unbranched alkanes of at least 4 members (excludes halogenated alkanes) is 2. The van der Waals surface area contributed by atoms with Crippen LogP contribution in [0, 0.1) is 10.7 Å². The van der Waals surface area contributed by atoms with Crippen molar-refractivity contribution in [2.75, 3.05) is 19.3 Å². The summed E-state index contributed by atoms with van der Waals surface area (Å²) in [5, 5.41) is 9.72. The highest BCUT2D eigenvalue weighted by Crippen LogP contribution is 2.22. The van der Waals surface area contributed by atoms with Crippen LogP contribution in [-0.2, 0) is 16.0 Å². The number of carbonyl (C=O) groups is 2. The first-order valence-electron chi connectivity index (χ1n) is 11.9. The molecular weight excluding hydrogens is 511 g/mol. The Morgan fingerprint density at radius 3 is 2.46 bits per heavy atom. The number of hydrogen-bond acceptors (Lipinski definition) is 7. The smallest absolute Gasteiger partial charge is 0.251 e. The summed E-state index contributed by atoms with van der Waals surface area (Å²) in [6, 6.07) is 13.8. The minimum atomic E-state index is -0.357. The number of nitrogens with one attached hydrogen (secondary N) is 2. The third kappa shape index (κ3) is 9.55. The minimum absolute atomic E-state index is 0.0386. The lowest BCUT2D eigenvalue weighted by molar-refractivity contribution is -0.121. The minimum Gasteiger partial charge on any atom is -0.356 e. The van der Waals surface area contributed by atoms with Crippen molar-refractivity contribution in [1.29, 1.82) is 0 Å². The lowest BCUT2D eigenvalue weighted by Gasteiger charge is -2.10. The zero-order valence-electron chi connectivity index (χ0n) is 20.5. The van der Waals surface area contributed by atoms with Crippen LogP contribution in [0.5, 0.6) is 0 Å². The summed E-state index contributed by atoms with van der Waals surface area (Å²) in [5.74, 6) is -0.624.